The van der Waals surface area contributed by atoms with E-state index in [1.165, 1.54) is 4.90 Å². The number of carbonyl (C=O) groups is 2. The maximum absolute atomic E-state index is 13.1. The predicted molar refractivity (Wildman–Crippen MR) is 92.3 cm³/mol. The number of amides is 2. The molecule has 9 nitrogen and oxygen atoms in total. The lowest BCUT2D eigenvalue weighted by molar-refractivity contribution is -0.143. The summed E-state index contributed by atoms with van der Waals surface area (Å²) >= 11 is 0. The van der Waals surface area contributed by atoms with Crippen LogP contribution in [0.25, 0.3) is 0 Å². The largest absolute Gasteiger partial charge is 0.424 e. The summed E-state index contributed by atoms with van der Waals surface area (Å²) in [6, 6.07) is 0. The van der Waals surface area contributed by atoms with Gasteiger partial charge in [-0.15, -0.1) is 10.2 Å². The van der Waals surface area contributed by atoms with E-state index in [2.05, 4.69) is 10.2 Å². The van der Waals surface area contributed by atoms with E-state index < -0.39 is 17.4 Å². The van der Waals surface area contributed by atoms with E-state index in [0.29, 0.717) is 38.1 Å². The van der Waals surface area contributed by atoms with Crippen LogP contribution < -0.4 is 0 Å². The van der Waals surface area contributed by atoms with Crippen LogP contribution in [-0.4, -0.2) is 76.9 Å². The van der Waals surface area contributed by atoms with Gasteiger partial charge in [0.15, 0.2) is 0 Å². The number of hydrogen-bond acceptors (Lipinski definition) is 7. The predicted octanol–water partition coefficient (Wildman–Crippen LogP) is 0.155. The van der Waals surface area contributed by atoms with Crippen LogP contribution in [0.2, 0.25) is 0 Å². The number of hydrogen-bond donors (Lipinski definition) is 0. The zero-order chi connectivity index (χ0) is 19.2. The van der Waals surface area contributed by atoms with Gasteiger partial charge in [-0.05, 0) is 6.92 Å². The van der Waals surface area contributed by atoms with Gasteiger partial charge in [0.25, 0.3) is 0 Å². The molecule has 0 saturated carbocycles. The van der Waals surface area contributed by atoms with Gasteiger partial charge in [0.1, 0.15) is 5.60 Å². The highest BCUT2D eigenvalue weighted by Crippen LogP contribution is 2.52. The van der Waals surface area contributed by atoms with Crippen molar-refractivity contribution in [2.45, 2.75) is 32.1 Å². The summed E-state index contributed by atoms with van der Waals surface area (Å²) in [6.07, 6.45) is 3.49. The van der Waals surface area contributed by atoms with Crippen molar-refractivity contribution in [3.63, 3.8) is 0 Å². The molecule has 1 aromatic heterocycles. The fraction of sp³-hybridized carbons (Fsp3) is 0.667. The van der Waals surface area contributed by atoms with Crippen LogP contribution in [0.1, 0.15) is 18.7 Å². The van der Waals surface area contributed by atoms with Crippen molar-refractivity contribution in [3.8, 4) is 0 Å². The second kappa shape index (κ2) is 6.72. The molecule has 9 heteroatoms. The fourth-order valence-corrected chi connectivity index (χ4v) is 4.31. The number of fused-ring (bicyclic) bond motifs is 1. The molecule has 0 aliphatic carbocycles. The van der Waals surface area contributed by atoms with E-state index >= 15 is 0 Å². The van der Waals surface area contributed by atoms with E-state index in [4.69, 9.17) is 13.9 Å². The first-order chi connectivity index (χ1) is 12.9. The molecule has 1 spiro atoms. The standard InChI is InChI=1S/C18H24N4O5/c1-4-25-8-7-22-10-18-6-5-12(27-18)14(15(18)17(22)24)16(23)21(3)9-13-20-19-11(2)26-13/h5-6,12,14-15H,4,7-10H2,1-3H3/t12-,14+,15-,18-/m0/s1. The molecule has 0 unspecified atom stereocenters. The van der Waals surface area contributed by atoms with Crippen LogP contribution in [0.5, 0.6) is 0 Å². The first-order valence-corrected chi connectivity index (χ1v) is 9.23. The third-order valence-corrected chi connectivity index (χ3v) is 5.49. The molecule has 3 aliphatic rings. The molecule has 0 aromatic carbocycles. The Morgan fingerprint density at radius 3 is 3.00 bits per heavy atom. The summed E-state index contributed by atoms with van der Waals surface area (Å²) in [5, 5.41) is 7.71. The molecule has 4 atom stereocenters. The SMILES string of the molecule is CCOCCN1C[C@]23C=C[C@H](O2)[C@@H](C(=O)N(C)Cc2nnc(C)o2)[C@H]3C1=O. The van der Waals surface area contributed by atoms with Crippen LogP contribution in [0.15, 0.2) is 16.6 Å². The highest BCUT2D eigenvalue weighted by Gasteiger charge is 2.67. The van der Waals surface area contributed by atoms with Crippen LogP contribution in [0.4, 0.5) is 0 Å². The molecular weight excluding hydrogens is 352 g/mol. The van der Waals surface area contributed by atoms with Crippen LogP contribution in [0, 0.1) is 18.8 Å². The number of aryl methyl sites for hydroxylation is 1. The van der Waals surface area contributed by atoms with Gasteiger partial charge in [0, 0.05) is 27.1 Å². The molecule has 2 saturated heterocycles. The Bertz CT molecular complexity index is 778. The maximum atomic E-state index is 13.1. The Kier molecular flexibility index (Phi) is 4.51. The van der Waals surface area contributed by atoms with Crippen LogP contribution in [0.3, 0.4) is 0 Å². The Morgan fingerprint density at radius 2 is 2.30 bits per heavy atom. The van der Waals surface area contributed by atoms with E-state index in [1.54, 1.807) is 18.9 Å². The number of rotatable bonds is 7. The molecule has 0 N–H and O–H groups in total. The van der Waals surface area contributed by atoms with E-state index in [0.717, 1.165) is 0 Å². The molecule has 27 heavy (non-hydrogen) atoms. The average molecular weight is 376 g/mol. The van der Waals surface area contributed by atoms with E-state index in [9.17, 15) is 9.59 Å². The van der Waals surface area contributed by atoms with E-state index in [-0.39, 0.29) is 24.5 Å². The summed E-state index contributed by atoms with van der Waals surface area (Å²) in [6.45, 7) is 5.88. The summed E-state index contributed by atoms with van der Waals surface area (Å²) < 4.78 is 16.8. The monoisotopic (exact) mass is 376 g/mol. The first kappa shape index (κ1) is 18.1. The Balaban J connectivity index is 1.49. The topological polar surface area (TPSA) is 98.0 Å². The van der Waals surface area contributed by atoms with Gasteiger partial charge in [0.2, 0.25) is 23.6 Å². The minimum Gasteiger partial charge on any atom is -0.424 e. The highest BCUT2D eigenvalue weighted by molar-refractivity contribution is 5.92. The number of likely N-dealkylation sites (tertiary alicyclic amines) is 1. The van der Waals surface area contributed by atoms with Crippen molar-refractivity contribution < 1.29 is 23.5 Å². The third-order valence-electron chi connectivity index (χ3n) is 5.49. The minimum absolute atomic E-state index is 0.0399. The second-order valence-electron chi connectivity index (χ2n) is 7.27. The molecular formula is C18H24N4O5. The zero-order valence-corrected chi connectivity index (χ0v) is 15.8. The first-order valence-electron chi connectivity index (χ1n) is 9.23. The van der Waals surface area contributed by atoms with Gasteiger partial charge in [-0.2, -0.15) is 0 Å². The Labute approximate surface area is 157 Å². The second-order valence-corrected chi connectivity index (χ2v) is 7.27. The van der Waals surface area contributed by atoms with Gasteiger partial charge in [-0.3, -0.25) is 9.59 Å². The van der Waals surface area contributed by atoms with Crippen LogP contribution >= 0.6 is 0 Å². The minimum atomic E-state index is -0.698. The van der Waals surface area contributed by atoms with Crippen molar-refractivity contribution in [2.24, 2.45) is 11.8 Å². The molecule has 3 aliphatic heterocycles. The van der Waals surface area contributed by atoms with Crippen molar-refractivity contribution in [1.29, 1.82) is 0 Å². The Morgan fingerprint density at radius 1 is 1.48 bits per heavy atom. The third kappa shape index (κ3) is 2.94. The summed E-state index contributed by atoms with van der Waals surface area (Å²) in [4.78, 5) is 29.4. The van der Waals surface area contributed by atoms with E-state index in [1.807, 2.05) is 19.1 Å². The average Bonchev–Trinajstić information content (AvgIpc) is 3.37. The van der Waals surface area contributed by atoms with Gasteiger partial charge < -0.3 is 23.7 Å². The lowest BCUT2D eigenvalue weighted by atomic mass is 9.76. The number of ether oxygens (including phenoxy) is 2. The maximum Gasteiger partial charge on any atom is 0.235 e. The quantitative estimate of drug-likeness (QED) is 0.494. The van der Waals surface area contributed by atoms with Gasteiger partial charge in [-0.1, -0.05) is 12.2 Å². The molecule has 4 heterocycles. The molecule has 4 rings (SSSR count). The number of aromatic nitrogens is 2. The highest BCUT2D eigenvalue weighted by atomic mass is 16.5. The van der Waals surface area contributed by atoms with Crippen molar-refractivity contribution in [1.82, 2.24) is 20.0 Å². The normalized spacial score (nSPS) is 31.0. The van der Waals surface area contributed by atoms with Gasteiger partial charge in [-0.25, -0.2) is 0 Å². The van der Waals surface area contributed by atoms with Gasteiger partial charge in [0.05, 0.1) is 37.6 Å². The van der Waals surface area contributed by atoms with Crippen molar-refractivity contribution in [3.05, 3.63) is 23.9 Å². The lowest BCUT2D eigenvalue weighted by Crippen LogP contribution is -2.44. The fourth-order valence-electron chi connectivity index (χ4n) is 4.31. The lowest BCUT2D eigenvalue weighted by Gasteiger charge is -2.27. The molecule has 2 fully saturated rings. The zero-order valence-electron chi connectivity index (χ0n) is 15.8. The number of carbonyl (C=O) groups excluding carboxylic acids is 2. The summed E-state index contributed by atoms with van der Waals surface area (Å²) in [5.41, 5.74) is -0.698. The molecule has 2 amide bonds. The summed E-state index contributed by atoms with van der Waals surface area (Å²) in [7, 11) is 1.68. The molecule has 2 bridgehead atoms. The number of nitrogens with zero attached hydrogens (tertiary/aromatic N) is 4. The van der Waals surface area contributed by atoms with Crippen molar-refractivity contribution >= 4 is 11.8 Å². The smallest absolute Gasteiger partial charge is 0.235 e. The molecule has 0 radical (unpaired) electrons. The Hall–Kier alpha value is -2.26. The molecule has 146 valence electrons. The molecule has 1 aromatic rings. The summed E-state index contributed by atoms with van der Waals surface area (Å²) in [5.74, 6) is -0.392. The van der Waals surface area contributed by atoms with Crippen LogP contribution in [-0.2, 0) is 25.6 Å². The van der Waals surface area contributed by atoms with Gasteiger partial charge >= 0.3 is 0 Å². The van der Waals surface area contributed by atoms with Crippen molar-refractivity contribution in [2.75, 3.05) is 33.4 Å².